The normalized spacial score (nSPS) is 17.0. The van der Waals surface area contributed by atoms with Crippen molar-refractivity contribution in [2.24, 2.45) is 5.41 Å². The van der Waals surface area contributed by atoms with E-state index in [1.165, 1.54) is 56.1 Å². The third-order valence-corrected chi connectivity index (χ3v) is 5.96. The first-order valence-electron chi connectivity index (χ1n) is 11.6. The van der Waals surface area contributed by atoms with E-state index in [9.17, 15) is 4.79 Å². The Kier molecular flexibility index (Phi) is 9.61. The van der Waals surface area contributed by atoms with Gasteiger partial charge in [0, 0.05) is 0 Å². The predicted octanol–water partition coefficient (Wildman–Crippen LogP) is 7.41. The van der Waals surface area contributed by atoms with Crippen molar-refractivity contribution in [3.8, 4) is 0 Å². The molecule has 0 unspecified atom stereocenters. The van der Waals surface area contributed by atoms with E-state index in [0.29, 0.717) is 6.61 Å². The topological polar surface area (TPSA) is 55.0 Å². The van der Waals surface area contributed by atoms with E-state index in [-0.39, 0.29) is 17.2 Å². The zero-order valence-electron chi connectivity index (χ0n) is 19.6. The number of ether oxygens (including phenoxy) is 1. The van der Waals surface area contributed by atoms with E-state index < -0.39 is 0 Å². The van der Waals surface area contributed by atoms with Gasteiger partial charge in [-0.25, -0.2) is 9.78 Å². The summed E-state index contributed by atoms with van der Waals surface area (Å²) in [5.74, 6) is -0.0999. The van der Waals surface area contributed by atoms with Gasteiger partial charge in [0.05, 0.1) is 18.5 Å². The minimum absolute atomic E-state index is 0.236. The summed E-state index contributed by atoms with van der Waals surface area (Å²) >= 11 is 0. The van der Waals surface area contributed by atoms with Gasteiger partial charge in [-0.2, -0.15) is 0 Å². The number of imidazole rings is 1. The summed E-state index contributed by atoms with van der Waals surface area (Å²) in [5.41, 5.74) is 5.11. The molecule has 4 nitrogen and oxygen atoms in total. The molecule has 30 heavy (non-hydrogen) atoms. The zero-order valence-corrected chi connectivity index (χ0v) is 19.6. The van der Waals surface area contributed by atoms with Crippen molar-refractivity contribution in [3.63, 3.8) is 0 Å². The Bertz CT molecular complexity index is 781. The molecule has 1 N–H and O–H groups in total. The van der Waals surface area contributed by atoms with Crippen LogP contribution in [-0.2, 0) is 4.74 Å². The quantitative estimate of drug-likeness (QED) is 0.234. The number of nitrogens with zero attached hydrogens (tertiary/aromatic N) is 1. The third-order valence-electron chi connectivity index (χ3n) is 5.96. The standard InChI is InChI=1S/C26H40N2O2/c1-6-7-8-9-10-11-17-30-25(29)24-27-19-22(28-24)18-20(2)14-15-23-21(3)13-12-16-26(23,4)5/h14-15,18-19H,6-13,16-17H2,1-5H3,(H,27,28)/b15-14+,20-18+. The van der Waals surface area contributed by atoms with Gasteiger partial charge >= 0.3 is 5.97 Å². The Morgan fingerprint density at radius 1 is 1.23 bits per heavy atom. The van der Waals surface area contributed by atoms with Crippen LogP contribution in [0.4, 0.5) is 0 Å². The molecule has 0 aromatic carbocycles. The first-order valence-corrected chi connectivity index (χ1v) is 11.6. The number of aromatic amines is 1. The van der Waals surface area contributed by atoms with Crippen LogP contribution in [0, 0.1) is 5.41 Å². The SMILES string of the molecule is CCCCCCCCOC(=O)c1ncc(/C=C(C)/C=C/C2=C(C)CCCC2(C)C)[nH]1. The van der Waals surface area contributed by atoms with Crippen LogP contribution in [0.15, 0.2) is 35.1 Å². The Morgan fingerprint density at radius 3 is 2.70 bits per heavy atom. The van der Waals surface area contributed by atoms with E-state index in [1.54, 1.807) is 6.20 Å². The average Bonchev–Trinajstić information content (AvgIpc) is 3.14. The lowest BCUT2D eigenvalue weighted by atomic mass is 9.72. The van der Waals surface area contributed by atoms with Crippen LogP contribution in [0.1, 0.15) is 109 Å². The maximum Gasteiger partial charge on any atom is 0.374 e. The van der Waals surface area contributed by atoms with Gasteiger partial charge in [-0.1, -0.05) is 70.6 Å². The number of H-pyrrole nitrogens is 1. The molecule has 0 bridgehead atoms. The van der Waals surface area contributed by atoms with Gasteiger partial charge in [-0.15, -0.1) is 0 Å². The van der Waals surface area contributed by atoms with Gasteiger partial charge < -0.3 is 9.72 Å². The Hall–Kier alpha value is -2.10. The van der Waals surface area contributed by atoms with Gasteiger partial charge in [0.25, 0.3) is 0 Å². The molecule has 0 amide bonds. The number of hydrogen-bond donors (Lipinski definition) is 1. The van der Waals surface area contributed by atoms with Crippen LogP contribution >= 0.6 is 0 Å². The summed E-state index contributed by atoms with van der Waals surface area (Å²) in [6.07, 6.45) is 18.8. The first-order chi connectivity index (χ1) is 14.3. The smallest absolute Gasteiger partial charge is 0.374 e. The molecule has 1 aromatic heterocycles. The highest BCUT2D eigenvalue weighted by molar-refractivity contribution is 5.85. The van der Waals surface area contributed by atoms with Crippen LogP contribution in [0.2, 0.25) is 0 Å². The van der Waals surface area contributed by atoms with Crippen LogP contribution in [0.3, 0.4) is 0 Å². The summed E-state index contributed by atoms with van der Waals surface area (Å²) in [5, 5.41) is 0. The molecule has 2 rings (SSSR count). The van der Waals surface area contributed by atoms with E-state index in [0.717, 1.165) is 24.1 Å². The Balaban J connectivity index is 1.86. The second-order valence-electron chi connectivity index (χ2n) is 9.24. The molecular weight excluding hydrogens is 372 g/mol. The molecule has 0 radical (unpaired) electrons. The molecule has 0 saturated heterocycles. The number of rotatable bonds is 11. The molecule has 166 valence electrons. The fraction of sp³-hybridized carbons (Fsp3) is 0.615. The highest BCUT2D eigenvalue weighted by Crippen LogP contribution is 2.40. The summed E-state index contributed by atoms with van der Waals surface area (Å²) < 4.78 is 5.34. The zero-order chi connectivity index (χ0) is 22.0. The second kappa shape index (κ2) is 11.9. The molecule has 0 saturated carbocycles. The van der Waals surface area contributed by atoms with Gasteiger partial charge in [-0.3, -0.25) is 0 Å². The lowest BCUT2D eigenvalue weighted by Crippen LogP contribution is -2.19. The molecule has 1 aromatic rings. The molecular formula is C26H40N2O2. The summed E-state index contributed by atoms with van der Waals surface area (Å²) in [6, 6.07) is 0. The van der Waals surface area contributed by atoms with Gasteiger partial charge in [0.15, 0.2) is 0 Å². The van der Waals surface area contributed by atoms with E-state index >= 15 is 0 Å². The molecule has 0 spiro atoms. The number of aromatic nitrogens is 2. The molecule has 1 heterocycles. The molecule has 0 aliphatic heterocycles. The van der Waals surface area contributed by atoms with Crippen LogP contribution in [0.25, 0.3) is 6.08 Å². The van der Waals surface area contributed by atoms with Crippen molar-refractivity contribution in [2.75, 3.05) is 6.61 Å². The van der Waals surface area contributed by atoms with Crippen molar-refractivity contribution < 1.29 is 9.53 Å². The number of allylic oxidation sites excluding steroid dienone is 5. The summed E-state index contributed by atoms with van der Waals surface area (Å²) in [6.45, 7) is 11.6. The van der Waals surface area contributed by atoms with Crippen LogP contribution < -0.4 is 0 Å². The van der Waals surface area contributed by atoms with Gasteiger partial charge in [0.2, 0.25) is 5.82 Å². The number of carbonyl (C=O) groups is 1. The maximum absolute atomic E-state index is 12.2. The Morgan fingerprint density at radius 2 is 1.97 bits per heavy atom. The maximum atomic E-state index is 12.2. The minimum atomic E-state index is -0.374. The number of carbonyl (C=O) groups excluding carboxylic acids is 1. The highest BCUT2D eigenvalue weighted by Gasteiger charge is 2.26. The lowest BCUT2D eigenvalue weighted by Gasteiger charge is -2.32. The number of nitrogens with one attached hydrogen (secondary N) is 1. The van der Waals surface area contributed by atoms with E-state index in [1.807, 2.05) is 6.08 Å². The fourth-order valence-electron chi connectivity index (χ4n) is 4.15. The van der Waals surface area contributed by atoms with Crippen molar-refractivity contribution in [1.82, 2.24) is 9.97 Å². The average molecular weight is 413 g/mol. The van der Waals surface area contributed by atoms with Crippen molar-refractivity contribution in [3.05, 3.63) is 46.6 Å². The molecule has 0 atom stereocenters. The van der Waals surface area contributed by atoms with Crippen molar-refractivity contribution in [2.45, 2.75) is 92.4 Å². The lowest BCUT2D eigenvalue weighted by molar-refractivity contribution is 0.0484. The number of hydrogen-bond acceptors (Lipinski definition) is 3. The fourth-order valence-corrected chi connectivity index (χ4v) is 4.15. The van der Waals surface area contributed by atoms with Crippen LogP contribution in [0.5, 0.6) is 0 Å². The summed E-state index contributed by atoms with van der Waals surface area (Å²) in [7, 11) is 0. The van der Waals surface area contributed by atoms with Crippen molar-refractivity contribution >= 4 is 12.0 Å². The molecule has 1 aliphatic carbocycles. The molecule has 0 fully saturated rings. The second-order valence-corrected chi connectivity index (χ2v) is 9.24. The predicted molar refractivity (Wildman–Crippen MR) is 125 cm³/mol. The highest BCUT2D eigenvalue weighted by atomic mass is 16.5. The first kappa shape index (κ1) is 24.2. The minimum Gasteiger partial charge on any atom is -0.460 e. The van der Waals surface area contributed by atoms with E-state index in [4.69, 9.17) is 4.74 Å². The van der Waals surface area contributed by atoms with E-state index in [2.05, 4.69) is 56.7 Å². The Labute approximate surface area is 182 Å². The molecule has 1 aliphatic rings. The summed E-state index contributed by atoms with van der Waals surface area (Å²) in [4.78, 5) is 19.4. The molecule has 4 heteroatoms. The number of unbranched alkanes of at least 4 members (excludes halogenated alkanes) is 5. The van der Waals surface area contributed by atoms with Gasteiger partial charge in [-0.05, 0) is 62.2 Å². The third kappa shape index (κ3) is 7.62. The number of esters is 1. The van der Waals surface area contributed by atoms with Crippen molar-refractivity contribution in [1.29, 1.82) is 0 Å². The monoisotopic (exact) mass is 412 g/mol. The van der Waals surface area contributed by atoms with Crippen LogP contribution in [-0.4, -0.2) is 22.5 Å². The largest absolute Gasteiger partial charge is 0.460 e. The van der Waals surface area contributed by atoms with Gasteiger partial charge in [0.1, 0.15) is 0 Å².